The topological polar surface area (TPSA) is 101 Å². The third-order valence-corrected chi connectivity index (χ3v) is 2.47. The average molecular weight is 258 g/mol. The number of nitrogen functional groups attached to an aromatic ring is 1. The predicted octanol–water partition coefficient (Wildman–Crippen LogP) is 1.20. The smallest absolute Gasteiger partial charge is 0.337 e. The van der Waals surface area contributed by atoms with E-state index in [2.05, 4.69) is 0 Å². The molecule has 0 spiro atoms. The van der Waals surface area contributed by atoms with E-state index in [1.54, 1.807) is 0 Å². The molecule has 0 saturated heterocycles. The molecule has 0 saturated carbocycles. The maximum Gasteiger partial charge on any atom is 0.337 e. The first-order valence-electron chi connectivity index (χ1n) is 4.83. The van der Waals surface area contributed by atoms with Crippen molar-refractivity contribution in [3.05, 3.63) is 29.3 Å². The van der Waals surface area contributed by atoms with E-state index in [1.807, 2.05) is 0 Å². The summed E-state index contributed by atoms with van der Waals surface area (Å²) in [6, 6.07) is 4.30. The third-order valence-electron chi connectivity index (χ3n) is 2.27. The lowest BCUT2D eigenvalue weighted by Crippen LogP contribution is -2.20. The highest BCUT2D eigenvalue weighted by atomic mass is 35.5. The van der Waals surface area contributed by atoms with Crippen molar-refractivity contribution >= 4 is 29.0 Å². The molecule has 6 heteroatoms. The number of hydrogen-bond donors (Lipinski definition) is 3. The van der Waals surface area contributed by atoms with Gasteiger partial charge < -0.3 is 15.9 Å². The Morgan fingerprint density at radius 1 is 1.41 bits per heavy atom. The zero-order chi connectivity index (χ0) is 13.2. The number of carbonyl (C=O) groups excluding carboxylic acids is 1. The van der Waals surface area contributed by atoms with Crippen LogP contribution < -0.4 is 5.73 Å². The number of alkyl halides is 1. The number of aliphatic hydroxyl groups excluding tert-OH is 1. The van der Waals surface area contributed by atoms with E-state index < -0.39 is 23.2 Å². The Kier molecular flexibility index (Phi) is 4.09. The number of halogens is 1. The van der Waals surface area contributed by atoms with Gasteiger partial charge in [-0.2, -0.15) is 0 Å². The summed E-state index contributed by atoms with van der Waals surface area (Å²) in [6.07, 6.45) is -1.84. The van der Waals surface area contributed by atoms with Crippen LogP contribution in [0.2, 0.25) is 0 Å². The number of hydrogen-bond acceptors (Lipinski definition) is 4. The van der Waals surface area contributed by atoms with Crippen LogP contribution in [-0.4, -0.2) is 27.3 Å². The number of benzene rings is 1. The van der Waals surface area contributed by atoms with Gasteiger partial charge in [0, 0.05) is 16.8 Å². The van der Waals surface area contributed by atoms with Gasteiger partial charge in [0.05, 0.1) is 5.38 Å². The second-order valence-corrected chi connectivity index (χ2v) is 4.18. The minimum atomic E-state index is -1.84. The lowest BCUT2D eigenvalue weighted by Gasteiger charge is -2.14. The molecule has 0 aromatic heterocycles. The predicted molar refractivity (Wildman–Crippen MR) is 63.1 cm³/mol. The lowest BCUT2D eigenvalue weighted by atomic mass is 9.96. The zero-order valence-corrected chi connectivity index (χ0v) is 9.81. The van der Waals surface area contributed by atoms with Crippen LogP contribution in [0.4, 0.5) is 5.69 Å². The summed E-state index contributed by atoms with van der Waals surface area (Å²) in [6.45, 7) is 1.46. The largest absolute Gasteiger partial charge is 0.479 e. The molecule has 1 aromatic carbocycles. The summed E-state index contributed by atoms with van der Waals surface area (Å²) in [5.74, 6) is -1.95. The van der Waals surface area contributed by atoms with Gasteiger partial charge in [-0.1, -0.05) is 12.1 Å². The normalized spacial score (nSPS) is 14.1. The molecular weight excluding hydrogens is 246 g/mol. The average Bonchev–Trinajstić information content (AvgIpc) is 2.26. The third kappa shape index (κ3) is 2.75. The van der Waals surface area contributed by atoms with E-state index in [4.69, 9.17) is 22.4 Å². The molecule has 0 aliphatic carbocycles. The van der Waals surface area contributed by atoms with E-state index in [9.17, 15) is 14.7 Å². The number of aliphatic hydroxyl groups is 1. The van der Waals surface area contributed by atoms with E-state index in [-0.39, 0.29) is 16.8 Å². The molecule has 0 bridgehead atoms. The first kappa shape index (κ1) is 13.5. The Labute approximate surface area is 103 Å². The summed E-state index contributed by atoms with van der Waals surface area (Å²) in [4.78, 5) is 22.5. The molecule has 0 fully saturated rings. The molecule has 4 N–H and O–H groups in total. The quantitative estimate of drug-likeness (QED) is 0.427. The number of carboxylic acids is 1. The number of Topliss-reactive ketones (excluding diaryl/α,β-unsaturated/α-hetero) is 1. The highest BCUT2D eigenvalue weighted by molar-refractivity contribution is 6.33. The zero-order valence-electron chi connectivity index (χ0n) is 9.05. The molecule has 5 nitrogen and oxygen atoms in total. The van der Waals surface area contributed by atoms with Crippen LogP contribution >= 0.6 is 11.6 Å². The second-order valence-electron chi connectivity index (χ2n) is 3.53. The van der Waals surface area contributed by atoms with Gasteiger partial charge in [0.15, 0.2) is 11.9 Å². The number of ketones is 1. The fourth-order valence-electron chi connectivity index (χ4n) is 1.44. The van der Waals surface area contributed by atoms with E-state index in [0.29, 0.717) is 0 Å². The van der Waals surface area contributed by atoms with E-state index >= 15 is 0 Å². The molecule has 2 atom stereocenters. The summed E-state index contributed by atoms with van der Waals surface area (Å²) in [7, 11) is 0. The van der Waals surface area contributed by atoms with Crippen molar-refractivity contribution in [2.45, 2.75) is 18.4 Å². The minimum absolute atomic E-state index is 0.0300. The monoisotopic (exact) mass is 257 g/mol. The maximum absolute atomic E-state index is 11.8. The second kappa shape index (κ2) is 5.16. The van der Waals surface area contributed by atoms with Crippen molar-refractivity contribution in [3.63, 3.8) is 0 Å². The Morgan fingerprint density at radius 3 is 2.47 bits per heavy atom. The number of carbonyl (C=O) groups is 2. The molecule has 92 valence electrons. The van der Waals surface area contributed by atoms with Crippen LogP contribution in [0, 0.1) is 0 Å². The highest BCUT2D eigenvalue weighted by Gasteiger charge is 2.26. The van der Waals surface area contributed by atoms with Crippen molar-refractivity contribution in [1.29, 1.82) is 0 Å². The fourth-order valence-corrected chi connectivity index (χ4v) is 1.56. The van der Waals surface area contributed by atoms with E-state index in [1.165, 1.54) is 25.1 Å². The number of anilines is 1. The Morgan fingerprint density at radius 2 is 2.00 bits per heavy atom. The molecule has 1 aromatic rings. The Balaban J connectivity index is 3.36. The molecule has 0 amide bonds. The highest BCUT2D eigenvalue weighted by Crippen LogP contribution is 2.26. The first-order chi connectivity index (χ1) is 7.86. The van der Waals surface area contributed by atoms with Crippen LogP contribution in [-0.2, 0) is 4.79 Å². The molecule has 2 unspecified atom stereocenters. The van der Waals surface area contributed by atoms with Gasteiger partial charge in [0.2, 0.25) is 0 Å². The van der Waals surface area contributed by atoms with E-state index in [0.717, 1.165) is 0 Å². The molecule has 0 aliphatic heterocycles. The molecule has 0 aliphatic rings. The van der Waals surface area contributed by atoms with Gasteiger partial charge in [0.25, 0.3) is 0 Å². The van der Waals surface area contributed by atoms with Gasteiger partial charge in [-0.3, -0.25) is 4.79 Å². The standard InChI is InChI=1S/C11H12ClNO4/c1-5(12)9(14)6-3-2-4-7(13)8(6)10(15)11(16)17/h2-5,10,15H,13H2,1H3,(H,16,17). The van der Waals surface area contributed by atoms with Gasteiger partial charge in [-0.25, -0.2) is 4.79 Å². The van der Waals surface area contributed by atoms with Crippen molar-refractivity contribution in [2.24, 2.45) is 0 Å². The van der Waals surface area contributed by atoms with Crippen molar-refractivity contribution in [3.8, 4) is 0 Å². The number of rotatable bonds is 4. The minimum Gasteiger partial charge on any atom is -0.479 e. The van der Waals surface area contributed by atoms with Gasteiger partial charge >= 0.3 is 5.97 Å². The molecule has 0 radical (unpaired) electrons. The van der Waals surface area contributed by atoms with Gasteiger partial charge in [-0.15, -0.1) is 11.6 Å². The van der Waals surface area contributed by atoms with Crippen molar-refractivity contribution in [2.75, 3.05) is 5.73 Å². The van der Waals surface area contributed by atoms with Crippen LogP contribution in [0.1, 0.15) is 28.9 Å². The fraction of sp³-hybridized carbons (Fsp3) is 0.273. The Bertz CT molecular complexity index is 459. The van der Waals surface area contributed by atoms with Crippen LogP contribution in [0.15, 0.2) is 18.2 Å². The number of carboxylic acid groups (broad SMARTS) is 1. The Hall–Kier alpha value is -1.59. The molecular formula is C11H12ClNO4. The van der Waals surface area contributed by atoms with Gasteiger partial charge in [0.1, 0.15) is 0 Å². The maximum atomic E-state index is 11.8. The number of aliphatic carboxylic acids is 1. The lowest BCUT2D eigenvalue weighted by molar-refractivity contribution is -0.146. The summed E-state index contributed by atoms with van der Waals surface area (Å²) in [5.41, 5.74) is 5.54. The van der Waals surface area contributed by atoms with Gasteiger partial charge in [-0.05, 0) is 13.0 Å². The van der Waals surface area contributed by atoms with Crippen LogP contribution in [0.3, 0.4) is 0 Å². The van der Waals surface area contributed by atoms with Crippen LogP contribution in [0.25, 0.3) is 0 Å². The molecule has 1 rings (SSSR count). The number of nitrogens with two attached hydrogens (primary N) is 1. The van der Waals surface area contributed by atoms with Crippen molar-refractivity contribution < 1.29 is 19.8 Å². The summed E-state index contributed by atoms with van der Waals surface area (Å²) >= 11 is 5.65. The molecule has 0 heterocycles. The SMILES string of the molecule is CC(Cl)C(=O)c1cccc(N)c1C(O)C(=O)O. The molecule has 17 heavy (non-hydrogen) atoms. The van der Waals surface area contributed by atoms with Crippen molar-refractivity contribution in [1.82, 2.24) is 0 Å². The van der Waals surface area contributed by atoms with Crippen LogP contribution in [0.5, 0.6) is 0 Å². The summed E-state index contributed by atoms with van der Waals surface area (Å²) < 4.78 is 0. The summed E-state index contributed by atoms with van der Waals surface area (Å²) in [5, 5.41) is 17.4. The first-order valence-corrected chi connectivity index (χ1v) is 5.27.